The second-order valence-corrected chi connectivity index (χ2v) is 8.82. The maximum atomic E-state index is 13.6. The number of hydrogen-bond donors (Lipinski definition) is 0. The van der Waals surface area contributed by atoms with Crippen molar-refractivity contribution in [3.63, 3.8) is 0 Å². The van der Waals surface area contributed by atoms with Crippen molar-refractivity contribution in [1.82, 2.24) is 10.2 Å². The quantitative estimate of drug-likeness (QED) is 0.432. The molecule has 2 aromatic heterocycles. The Morgan fingerprint density at radius 2 is 1.94 bits per heavy atom. The van der Waals surface area contributed by atoms with E-state index < -0.39 is 11.9 Å². The largest absolute Gasteiger partial charge is 0.494 e. The fraction of sp³-hybridized carbons (Fsp3) is 0.250. The number of nitrogens with zero attached hydrogens (tertiary/aromatic N) is 3. The van der Waals surface area contributed by atoms with Gasteiger partial charge in [-0.2, -0.15) is 0 Å². The summed E-state index contributed by atoms with van der Waals surface area (Å²) in [6.45, 7) is 6.45. The molecule has 7 nitrogen and oxygen atoms in total. The topological polar surface area (TPSA) is 85.5 Å². The minimum atomic E-state index is -0.688. The van der Waals surface area contributed by atoms with Crippen molar-refractivity contribution in [2.24, 2.45) is 0 Å². The van der Waals surface area contributed by atoms with Crippen LogP contribution in [0.2, 0.25) is 0 Å². The molecule has 32 heavy (non-hydrogen) atoms. The number of rotatable bonds is 5. The highest BCUT2D eigenvalue weighted by atomic mass is 32.1. The summed E-state index contributed by atoms with van der Waals surface area (Å²) in [4.78, 5) is 28.6. The van der Waals surface area contributed by atoms with Crippen molar-refractivity contribution in [3.05, 3.63) is 80.6 Å². The molecule has 1 aliphatic heterocycles. The Morgan fingerprint density at radius 3 is 2.69 bits per heavy atom. The van der Waals surface area contributed by atoms with Crippen molar-refractivity contribution >= 4 is 33.3 Å². The van der Waals surface area contributed by atoms with Crippen molar-refractivity contribution in [2.75, 3.05) is 11.5 Å². The predicted octanol–water partition coefficient (Wildman–Crippen LogP) is 4.92. The highest BCUT2D eigenvalue weighted by molar-refractivity contribution is 7.15. The van der Waals surface area contributed by atoms with E-state index in [1.165, 1.54) is 16.2 Å². The number of para-hydroxylation sites is 1. The van der Waals surface area contributed by atoms with E-state index in [0.717, 1.165) is 10.6 Å². The first-order valence-corrected chi connectivity index (χ1v) is 11.3. The molecule has 0 fully saturated rings. The predicted molar refractivity (Wildman–Crippen MR) is 123 cm³/mol. The third-order valence-corrected chi connectivity index (χ3v) is 6.62. The third-order valence-electron chi connectivity index (χ3n) is 5.39. The fourth-order valence-corrected chi connectivity index (χ4v) is 4.80. The monoisotopic (exact) mass is 447 g/mol. The molecule has 0 aliphatic carbocycles. The van der Waals surface area contributed by atoms with E-state index in [1.807, 2.05) is 45.0 Å². The van der Waals surface area contributed by atoms with Crippen molar-refractivity contribution in [2.45, 2.75) is 32.7 Å². The van der Waals surface area contributed by atoms with Gasteiger partial charge in [0.2, 0.25) is 10.9 Å². The molecule has 0 spiro atoms. The maximum absolute atomic E-state index is 13.6. The molecule has 0 N–H and O–H groups in total. The lowest BCUT2D eigenvalue weighted by Gasteiger charge is -2.22. The molecule has 8 heteroatoms. The molecule has 0 unspecified atom stereocenters. The molecule has 1 amide bonds. The van der Waals surface area contributed by atoms with Gasteiger partial charge in [-0.15, -0.1) is 10.2 Å². The summed E-state index contributed by atoms with van der Waals surface area (Å²) in [6, 6.07) is 13.7. The average molecular weight is 448 g/mol. The van der Waals surface area contributed by atoms with Crippen molar-refractivity contribution in [1.29, 1.82) is 0 Å². The molecular formula is C24H21N3O4S. The second-order valence-electron chi connectivity index (χ2n) is 7.83. The lowest BCUT2D eigenvalue weighted by atomic mass is 9.98. The Balaban J connectivity index is 1.76. The molecule has 0 bridgehead atoms. The van der Waals surface area contributed by atoms with Crippen LogP contribution in [0, 0.1) is 0 Å². The fourth-order valence-electron chi connectivity index (χ4n) is 3.93. The number of amides is 1. The van der Waals surface area contributed by atoms with Gasteiger partial charge in [0.15, 0.2) is 5.43 Å². The van der Waals surface area contributed by atoms with Gasteiger partial charge in [-0.3, -0.25) is 14.5 Å². The van der Waals surface area contributed by atoms with Gasteiger partial charge in [0.1, 0.15) is 16.3 Å². The van der Waals surface area contributed by atoms with Gasteiger partial charge in [0, 0.05) is 5.92 Å². The van der Waals surface area contributed by atoms with E-state index >= 15 is 0 Å². The standard InChI is InChI=1S/C24H21N3O4S/c1-4-30-15-9-7-8-14(12-15)19-18-20(28)16-10-5-6-11-17(16)31-21(18)23(29)27(19)24-26-25-22(32-24)13(2)3/h5-13,19H,4H2,1-3H3/t19-/m1/s1. The number of hydrogen-bond acceptors (Lipinski definition) is 7. The number of carbonyl (C=O) groups excluding carboxylic acids is 1. The summed E-state index contributed by atoms with van der Waals surface area (Å²) in [5.74, 6) is 0.475. The van der Waals surface area contributed by atoms with E-state index in [1.54, 1.807) is 24.3 Å². The number of ether oxygens (including phenoxy) is 1. The summed E-state index contributed by atoms with van der Waals surface area (Å²) >= 11 is 1.34. The Bertz CT molecular complexity index is 1390. The third kappa shape index (κ3) is 3.18. The van der Waals surface area contributed by atoms with Gasteiger partial charge in [-0.1, -0.05) is 49.4 Å². The number of benzene rings is 2. The van der Waals surface area contributed by atoms with E-state index in [2.05, 4.69) is 10.2 Å². The number of aromatic nitrogens is 2. The first-order valence-electron chi connectivity index (χ1n) is 10.4. The van der Waals surface area contributed by atoms with Gasteiger partial charge in [0.25, 0.3) is 5.91 Å². The van der Waals surface area contributed by atoms with Crippen LogP contribution >= 0.6 is 11.3 Å². The van der Waals surface area contributed by atoms with Crippen LogP contribution in [0.5, 0.6) is 5.75 Å². The van der Waals surface area contributed by atoms with Crippen LogP contribution in [0.4, 0.5) is 5.13 Å². The van der Waals surface area contributed by atoms with Gasteiger partial charge >= 0.3 is 0 Å². The highest BCUT2D eigenvalue weighted by Gasteiger charge is 2.45. The lowest BCUT2D eigenvalue weighted by Crippen LogP contribution is -2.29. The molecule has 0 radical (unpaired) electrons. The normalized spacial score (nSPS) is 15.6. The Kier molecular flexibility index (Phi) is 5.01. The van der Waals surface area contributed by atoms with E-state index in [-0.39, 0.29) is 17.1 Å². The molecule has 1 atom stereocenters. The highest BCUT2D eigenvalue weighted by Crippen LogP contribution is 2.43. The van der Waals surface area contributed by atoms with Gasteiger partial charge in [-0.25, -0.2) is 0 Å². The van der Waals surface area contributed by atoms with Crippen LogP contribution in [0.15, 0.2) is 57.7 Å². The van der Waals surface area contributed by atoms with E-state index in [9.17, 15) is 9.59 Å². The molecule has 162 valence electrons. The van der Waals surface area contributed by atoms with Crippen LogP contribution < -0.4 is 15.1 Å². The van der Waals surface area contributed by atoms with Crippen LogP contribution in [0.1, 0.15) is 59.4 Å². The number of anilines is 1. The molecule has 5 rings (SSSR count). The molecule has 3 heterocycles. The summed E-state index contributed by atoms with van der Waals surface area (Å²) in [5.41, 5.74) is 1.21. The van der Waals surface area contributed by atoms with Crippen molar-refractivity contribution < 1.29 is 13.9 Å². The SMILES string of the molecule is CCOc1cccc([C@@H]2c3c(oc4ccccc4c3=O)C(=O)N2c2nnc(C(C)C)s2)c1. The van der Waals surface area contributed by atoms with Gasteiger partial charge < -0.3 is 9.15 Å². The minimum absolute atomic E-state index is 0.0433. The first kappa shape index (κ1) is 20.4. The zero-order chi connectivity index (χ0) is 22.4. The summed E-state index contributed by atoms with van der Waals surface area (Å²) in [7, 11) is 0. The Hall–Kier alpha value is -3.52. The summed E-state index contributed by atoms with van der Waals surface area (Å²) < 4.78 is 11.6. The Labute approximate surface area is 188 Å². The zero-order valence-corrected chi connectivity index (χ0v) is 18.7. The van der Waals surface area contributed by atoms with E-state index in [4.69, 9.17) is 9.15 Å². The van der Waals surface area contributed by atoms with Crippen LogP contribution in [0.3, 0.4) is 0 Å². The molecule has 2 aromatic carbocycles. The minimum Gasteiger partial charge on any atom is -0.494 e. The van der Waals surface area contributed by atoms with Gasteiger partial charge in [0.05, 0.1) is 23.6 Å². The van der Waals surface area contributed by atoms with Crippen LogP contribution in [-0.2, 0) is 0 Å². The maximum Gasteiger partial charge on any atom is 0.297 e. The average Bonchev–Trinajstić information content (AvgIpc) is 3.38. The molecule has 0 saturated carbocycles. The molecule has 0 saturated heterocycles. The lowest BCUT2D eigenvalue weighted by molar-refractivity contribution is 0.0970. The van der Waals surface area contributed by atoms with Crippen molar-refractivity contribution in [3.8, 4) is 5.75 Å². The molecule has 1 aliphatic rings. The molecule has 4 aromatic rings. The van der Waals surface area contributed by atoms with E-state index in [0.29, 0.717) is 34.0 Å². The second kappa shape index (κ2) is 7.87. The summed E-state index contributed by atoms with van der Waals surface area (Å²) in [5, 5.41) is 10.2. The number of carbonyl (C=O) groups is 1. The summed E-state index contributed by atoms with van der Waals surface area (Å²) in [6.07, 6.45) is 0. The van der Waals surface area contributed by atoms with Gasteiger partial charge in [-0.05, 0) is 36.8 Å². The molecular weight excluding hydrogens is 426 g/mol. The van der Waals surface area contributed by atoms with Crippen LogP contribution in [0.25, 0.3) is 11.0 Å². The smallest absolute Gasteiger partial charge is 0.297 e. The first-order chi connectivity index (χ1) is 15.5. The van der Waals surface area contributed by atoms with Crippen LogP contribution in [-0.4, -0.2) is 22.7 Å². The Morgan fingerprint density at radius 1 is 1.12 bits per heavy atom. The zero-order valence-electron chi connectivity index (χ0n) is 17.9. The number of fused-ring (bicyclic) bond motifs is 2.